The van der Waals surface area contributed by atoms with Gasteiger partial charge in [0.1, 0.15) is 11.6 Å². The number of thiol groups is 1. The number of aromatic amines is 1. The monoisotopic (exact) mass is 557 g/mol. The summed E-state index contributed by atoms with van der Waals surface area (Å²) in [5, 5.41) is 5.09. The maximum Gasteiger partial charge on any atom is 0.415 e. The summed E-state index contributed by atoms with van der Waals surface area (Å²) in [5.74, 6) is 1.99. The third-order valence-corrected chi connectivity index (χ3v) is 7.66. The van der Waals surface area contributed by atoms with Crippen molar-refractivity contribution in [2.45, 2.75) is 38.1 Å². The Balaban J connectivity index is 1.37. The molecule has 2 aromatic rings. The van der Waals surface area contributed by atoms with E-state index in [-0.39, 0.29) is 24.2 Å². The lowest BCUT2D eigenvalue weighted by atomic mass is 9.84. The highest BCUT2D eigenvalue weighted by atomic mass is 35.5. The number of H-pyrrole nitrogens is 1. The van der Waals surface area contributed by atoms with Gasteiger partial charge in [0.05, 0.1) is 18.4 Å². The van der Waals surface area contributed by atoms with Crippen LogP contribution >= 0.6 is 24.2 Å². The maximum atomic E-state index is 13.5. The number of benzene rings is 1. The standard InChI is InChI=1S/C29H33ClFN3O3S/c30-20-5-10-26-25(18-20)24-11-14-34(29(35)37-22-8-6-21(31)7-9-22)28(27(24)33-26)19-3-1-4-23(17-19)36-15-2-12-32-13-16-38/h1,3-6,8,10,18-19,28,32-33,38H,2,7,9,11-17H2. The van der Waals surface area contributed by atoms with E-state index in [0.29, 0.717) is 43.2 Å². The number of carbonyl (C=O) groups excluding carboxylic acids is 1. The smallest absolute Gasteiger partial charge is 0.415 e. The first-order valence-corrected chi connectivity index (χ1v) is 14.2. The molecule has 1 amide bonds. The van der Waals surface area contributed by atoms with Crippen LogP contribution < -0.4 is 5.32 Å². The van der Waals surface area contributed by atoms with E-state index in [9.17, 15) is 9.18 Å². The van der Waals surface area contributed by atoms with Gasteiger partial charge in [0, 0.05) is 65.6 Å². The predicted octanol–water partition coefficient (Wildman–Crippen LogP) is 6.77. The molecule has 2 N–H and O–H groups in total. The summed E-state index contributed by atoms with van der Waals surface area (Å²) in [5.41, 5.74) is 3.18. The number of hydrogen-bond acceptors (Lipinski definition) is 5. The van der Waals surface area contributed by atoms with Crippen LogP contribution in [-0.2, 0) is 15.9 Å². The van der Waals surface area contributed by atoms with Gasteiger partial charge in [-0.1, -0.05) is 23.8 Å². The van der Waals surface area contributed by atoms with Crippen LogP contribution in [0.25, 0.3) is 10.9 Å². The van der Waals surface area contributed by atoms with Crippen LogP contribution in [-0.4, -0.2) is 48.0 Å². The number of carbonyl (C=O) groups is 1. The lowest BCUT2D eigenvalue weighted by molar-refractivity contribution is 0.0850. The third-order valence-electron chi connectivity index (χ3n) is 7.21. The molecule has 2 unspecified atom stereocenters. The van der Waals surface area contributed by atoms with Gasteiger partial charge in [-0.25, -0.2) is 9.18 Å². The van der Waals surface area contributed by atoms with Gasteiger partial charge in [-0.2, -0.15) is 12.6 Å². The van der Waals surface area contributed by atoms with Gasteiger partial charge in [0.15, 0.2) is 0 Å². The van der Waals surface area contributed by atoms with Crippen LogP contribution in [0.3, 0.4) is 0 Å². The van der Waals surface area contributed by atoms with Crippen LogP contribution in [0.4, 0.5) is 9.18 Å². The zero-order valence-electron chi connectivity index (χ0n) is 21.2. The van der Waals surface area contributed by atoms with Crippen LogP contribution in [0.1, 0.15) is 43.0 Å². The van der Waals surface area contributed by atoms with E-state index >= 15 is 0 Å². The number of aromatic nitrogens is 1. The number of nitrogens with zero attached hydrogens (tertiary/aromatic N) is 1. The molecular weight excluding hydrogens is 525 g/mol. The van der Waals surface area contributed by atoms with Crippen molar-refractivity contribution in [1.29, 1.82) is 0 Å². The van der Waals surface area contributed by atoms with Crippen molar-refractivity contribution in [1.82, 2.24) is 15.2 Å². The number of rotatable bonds is 9. The van der Waals surface area contributed by atoms with Crippen molar-refractivity contribution in [3.05, 3.63) is 82.2 Å². The Morgan fingerprint density at radius 2 is 2.08 bits per heavy atom. The molecule has 0 saturated carbocycles. The quantitative estimate of drug-likeness (QED) is 0.235. The number of amides is 1. The second kappa shape index (κ2) is 12.5. The number of ether oxygens (including phenoxy) is 2. The van der Waals surface area contributed by atoms with Gasteiger partial charge in [-0.05, 0) is 61.4 Å². The summed E-state index contributed by atoms with van der Waals surface area (Å²) in [6.07, 6.45) is 11.5. The number of hydrogen-bond donors (Lipinski definition) is 3. The molecule has 2 heterocycles. The van der Waals surface area contributed by atoms with Gasteiger partial charge in [0.2, 0.25) is 0 Å². The second-order valence-electron chi connectivity index (χ2n) is 9.77. The van der Waals surface area contributed by atoms with Crippen LogP contribution in [0.15, 0.2) is 65.9 Å². The van der Waals surface area contributed by atoms with Crippen molar-refractivity contribution >= 4 is 41.2 Å². The molecule has 6 nitrogen and oxygen atoms in total. The van der Waals surface area contributed by atoms with E-state index in [1.54, 1.807) is 11.0 Å². The van der Waals surface area contributed by atoms with Crippen molar-refractivity contribution in [2.75, 3.05) is 32.0 Å². The average Bonchev–Trinajstić information content (AvgIpc) is 3.29. The van der Waals surface area contributed by atoms with E-state index in [2.05, 4.69) is 29.0 Å². The molecule has 9 heteroatoms. The van der Waals surface area contributed by atoms with E-state index in [4.69, 9.17) is 21.1 Å². The largest absolute Gasteiger partial charge is 0.498 e. The van der Waals surface area contributed by atoms with Crippen LogP contribution in [0.2, 0.25) is 5.02 Å². The molecule has 1 aromatic heterocycles. The molecule has 2 atom stereocenters. The van der Waals surface area contributed by atoms with Gasteiger partial charge in [-0.15, -0.1) is 0 Å². The van der Waals surface area contributed by atoms with Crippen molar-refractivity contribution < 1.29 is 18.7 Å². The summed E-state index contributed by atoms with van der Waals surface area (Å²) in [4.78, 5) is 18.9. The summed E-state index contributed by atoms with van der Waals surface area (Å²) in [7, 11) is 0. The topological polar surface area (TPSA) is 66.6 Å². The molecule has 3 aliphatic rings. The molecular formula is C29H33ClFN3O3S. The maximum absolute atomic E-state index is 13.5. The Morgan fingerprint density at radius 3 is 2.89 bits per heavy atom. The van der Waals surface area contributed by atoms with Crippen molar-refractivity contribution in [2.24, 2.45) is 5.92 Å². The Hall–Kier alpha value is -2.68. The normalized spacial score (nSPS) is 21.0. The van der Waals surface area contributed by atoms with E-state index in [0.717, 1.165) is 47.6 Å². The molecule has 0 spiro atoms. The Labute approximate surface area is 233 Å². The minimum Gasteiger partial charge on any atom is -0.498 e. The molecule has 1 aromatic carbocycles. The lowest BCUT2D eigenvalue weighted by Crippen LogP contribution is -2.43. The minimum absolute atomic E-state index is 0.00915. The minimum atomic E-state index is -0.417. The Morgan fingerprint density at radius 1 is 1.18 bits per heavy atom. The number of fused-ring (bicyclic) bond motifs is 3. The second-order valence-corrected chi connectivity index (χ2v) is 10.7. The summed E-state index contributed by atoms with van der Waals surface area (Å²) < 4.78 is 25.4. The first kappa shape index (κ1) is 26.9. The highest BCUT2D eigenvalue weighted by molar-refractivity contribution is 7.80. The van der Waals surface area contributed by atoms with E-state index in [1.807, 2.05) is 30.4 Å². The molecule has 0 radical (unpaired) electrons. The first-order valence-electron chi connectivity index (χ1n) is 13.2. The zero-order valence-corrected chi connectivity index (χ0v) is 22.9. The molecule has 5 rings (SSSR count). The first-order chi connectivity index (χ1) is 18.5. The summed E-state index contributed by atoms with van der Waals surface area (Å²) in [6, 6.07) is 5.57. The number of halogens is 2. The fourth-order valence-electron chi connectivity index (χ4n) is 5.39. The van der Waals surface area contributed by atoms with Gasteiger partial charge < -0.3 is 19.8 Å². The predicted molar refractivity (Wildman–Crippen MR) is 152 cm³/mol. The van der Waals surface area contributed by atoms with Crippen molar-refractivity contribution in [3.8, 4) is 0 Å². The SMILES string of the molecule is O=C(OC1=CC=C(F)CC1)N1CCc2c([nH]c3ccc(Cl)cc23)C1C1C=CC=C(OCCCNCCS)C1. The fraction of sp³-hybridized carbons (Fsp3) is 0.414. The Kier molecular flexibility index (Phi) is 8.82. The average molecular weight is 558 g/mol. The van der Waals surface area contributed by atoms with Crippen LogP contribution in [0.5, 0.6) is 0 Å². The van der Waals surface area contributed by atoms with Gasteiger partial charge >= 0.3 is 6.09 Å². The highest BCUT2D eigenvalue weighted by Gasteiger charge is 2.39. The molecule has 202 valence electrons. The lowest BCUT2D eigenvalue weighted by Gasteiger charge is -2.39. The van der Waals surface area contributed by atoms with Gasteiger partial charge in [0.25, 0.3) is 0 Å². The van der Waals surface area contributed by atoms with Crippen LogP contribution in [0, 0.1) is 5.92 Å². The molecule has 0 saturated heterocycles. The molecule has 38 heavy (non-hydrogen) atoms. The zero-order chi connectivity index (χ0) is 26.5. The third kappa shape index (κ3) is 6.14. The van der Waals surface area contributed by atoms with Gasteiger partial charge in [-0.3, -0.25) is 4.90 Å². The fourth-order valence-corrected chi connectivity index (χ4v) is 5.72. The number of nitrogens with one attached hydrogen (secondary N) is 2. The molecule has 0 bridgehead atoms. The molecule has 2 aliphatic carbocycles. The van der Waals surface area contributed by atoms with E-state index < -0.39 is 6.09 Å². The van der Waals surface area contributed by atoms with E-state index in [1.165, 1.54) is 11.6 Å². The molecule has 1 aliphatic heterocycles. The Bertz CT molecular complexity index is 1300. The highest BCUT2D eigenvalue weighted by Crippen LogP contribution is 2.43. The number of allylic oxidation sites excluding steroid dienone is 7. The summed E-state index contributed by atoms with van der Waals surface area (Å²) in [6.45, 7) is 2.89. The summed E-state index contributed by atoms with van der Waals surface area (Å²) >= 11 is 10.5. The van der Waals surface area contributed by atoms with Crippen molar-refractivity contribution in [3.63, 3.8) is 0 Å². The molecule has 0 fully saturated rings.